The van der Waals surface area contributed by atoms with Gasteiger partial charge in [0.2, 0.25) is 5.91 Å². The molecule has 0 atom stereocenters. The first-order chi connectivity index (χ1) is 12.2. The van der Waals surface area contributed by atoms with E-state index in [1.54, 1.807) is 0 Å². The van der Waals surface area contributed by atoms with Crippen molar-refractivity contribution < 1.29 is 14.3 Å². The number of anilines is 2. The third-order valence-corrected chi connectivity index (χ3v) is 3.37. The highest BCUT2D eigenvalue weighted by Gasteiger charge is 2.04. The fourth-order valence-electron chi connectivity index (χ4n) is 2.16. The van der Waals surface area contributed by atoms with E-state index < -0.39 is 0 Å². The molecule has 2 rings (SSSR count). The van der Waals surface area contributed by atoms with Crippen molar-refractivity contribution in [1.29, 1.82) is 0 Å². The average Bonchev–Trinajstić information content (AvgIpc) is 2.64. The molecule has 0 fully saturated rings. The maximum absolute atomic E-state index is 12.1. The minimum Gasteiger partial charge on any atom is -0.494 e. The summed E-state index contributed by atoms with van der Waals surface area (Å²) in [6.45, 7) is 5.69. The van der Waals surface area contributed by atoms with E-state index in [0.717, 1.165) is 35.7 Å². The summed E-state index contributed by atoms with van der Waals surface area (Å²) in [6, 6.07) is 15.0. The van der Waals surface area contributed by atoms with Crippen molar-refractivity contribution in [3.8, 4) is 11.5 Å². The zero-order chi connectivity index (χ0) is 17.9. The number of carbonyl (C=O) groups is 1. The molecule has 0 radical (unpaired) electrons. The lowest BCUT2D eigenvalue weighted by molar-refractivity contribution is -0.114. The molecule has 2 aromatic rings. The monoisotopic (exact) mass is 342 g/mol. The van der Waals surface area contributed by atoms with Crippen molar-refractivity contribution in [3.05, 3.63) is 48.5 Å². The van der Waals surface area contributed by atoms with Crippen LogP contribution in [0, 0.1) is 0 Å². The lowest BCUT2D eigenvalue weighted by atomic mass is 10.3. The highest BCUT2D eigenvalue weighted by Crippen LogP contribution is 2.18. The van der Waals surface area contributed by atoms with Crippen LogP contribution in [-0.2, 0) is 4.79 Å². The van der Waals surface area contributed by atoms with Gasteiger partial charge in [-0.1, -0.05) is 19.9 Å². The van der Waals surface area contributed by atoms with E-state index in [4.69, 9.17) is 9.47 Å². The predicted octanol–water partition coefficient (Wildman–Crippen LogP) is 4.31. The van der Waals surface area contributed by atoms with Gasteiger partial charge < -0.3 is 20.1 Å². The Balaban J connectivity index is 1.80. The standard InChI is InChI=1S/C20H26N2O3/c1-3-12-24-18-10-8-16(9-11-18)22-20(23)15-21-17-6-5-7-19(14-17)25-13-4-2/h5-11,14,21H,3-4,12-13,15H2,1-2H3,(H,22,23). The molecule has 0 aliphatic rings. The smallest absolute Gasteiger partial charge is 0.243 e. The number of ether oxygens (including phenoxy) is 2. The maximum atomic E-state index is 12.1. The Bertz CT molecular complexity index is 656. The van der Waals surface area contributed by atoms with Gasteiger partial charge in [0.1, 0.15) is 11.5 Å². The van der Waals surface area contributed by atoms with Crippen LogP contribution in [0.5, 0.6) is 11.5 Å². The molecule has 25 heavy (non-hydrogen) atoms. The third kappa shape index (κ3) is 6.75. The van der Waals surface area contributed by atoms with E-state index in [1.165, 1.54) is 0 Å². The van der Waals surface area contributed by atoms with Crippen LogP contribution in [0.25, 0.3) is 0 Å². The second kappa shape index (κ2) is 10.2. The molecule has 134 valence electrons. The van der Waals surface area contributed by atoms with Gasteiger partial charge in [0.25, 0.3) is 0 Å². The normalized spacial score (nSPS) is 10.2. The molecule has 0 saturated heterocycles. The Kier molecular flexibility index (Phi) is 7.63. The largest absolute Gasteiger partial charge is 0.494 e. The summed E-state index contributed by atoms with van der Waals surface area (Å²) in [4.78, 5) is 12.1. The molecule has 0 bridgehead atoms. The summed E-state index contributed by atoms with van der Waals surface area (Å²) < 4.78 is 11.1. The Hall–Kier alpha value is -2.69. The quantitative estimate of drug-likeness (QED) is 0.675. The molecule has 0 aromatic heterocycles. The summed E-state index contributed by atoms with van der Waals surface area (Å²) in [5, 5.41) is 5.96. The fourth-order valence-corrected chi connectivity index (χ4v) is 2.16. The number of hydrogen-bond acceptors (Lipinski definition) is 4. The van der Waals surface area contributed by atoms with E-state index in [2.05, 4.69) is 24.5 Å². The molecule has 0 heterocycles. The molecule has 5 heteroatoms. The Morgan fingerprint density at radius 1 is 0.880 bits per heavy atom. The van der Waals surface area contributed by atoms with Gasteiger partial charge >= 0.3 is 0 Å². The number of nitrogens with one attached hydrogen (secondary N) is 2. The Morgan fingerprint density at radius 2 is 1.56 bits per heavy atom. The first kappa shape index (κ1) is 18.6. The van der Waals surface area contributed by atoms with Crippen LogP contribution in [0.15, 0.2) is 48.5 Å². The van der Waals surface area contributed by atoms with Gasteiger partial charge in [-0.15, -0.1) is 0 Å². The van der Waals surface area contributed by atoms with Crippen molar-refractivity contribution in [1.82, 2.24) is 0 Å². The van der Waals surface area contributed by atoms with Crippen LogP contribution >= 0.6 is 0 Å². The molecule has 0 unspecified atom stereocenters. The van der Waals surface area contributed by atoms with E-state index >= 15 is 0 Å². The number of hydrogen-bond donors (Lipinski definition) is 2. The van der Waals surface area contributed by atoms with Gasteiger partial charge in [-0.2, -0.15) is 0 Å². The topological polar surface area (TPSA) is 59.6 Å². The molecule has 0 saturated carbocycles. The van der Waals surface area contributed by atoms with Crippen molar-refractivity contribution in [2.45, 2.75) is 26.7 Å². The second-order valence-corrected chi connectivity index (χ2v) is 5.65. The van der Waals surface area contributed by atoms with E-state index in [1.807, 2.05) is 48.5 Å². The van der Waals surface area contributed by atoms with Crippen LogP contribution in [0.1, 0.15) is 26.7 Å². The maximum Gasteiger partial charge on any atom is 0.243 e. The van der Waals surface area contributed by atoms with E-state index in [-0.39, 0.29) is 12.5 Å². The van der Waals surface area contributed by atoms with Gasteiger partial charge in [-0.25, -0.2) is 0 Å². The number of rotatable bonds is 10. The molecular weight excluding hydrogens is 316 g/mol. The minimum atomic E-state index is -0.109. The van der Waals surface area contributed by atoms with Crippen LogP contribution in [-0.4, -0.2) is 25.7 Å². The molecule has 2 aromatic carbocycles. The van der Waals surface area contributed by atoms with Gasteiger partial charge in [0.05, 0.1) is 19.8 Å². The zero-order valence-corrected chi connectivity index (χ0v) is 14.9. The highest BCUT2D eigenvalue weighted by molar-refractivity contribution is 5.93. The molecule has 2 N–H and O–H groups in total. The zero-order valence-electron chi connectivity index (χ0n) is 14.9. The molecule has 0 spiro atoms. The second-order valence-electron chi connectivity index (χ2n) is 5.65. The summed E-state index contributed by atoms with van der Waals surface area (Å²) >= 11 is 0. The van der Waals surface area contributed by atoms with Gasteiger partial charge in [0, 0.05) is 17.4 Å². The van der Waals surface area contributed by atoms with Gasteiger partial charge in [-0.3, -0.25) is 4.79 Å². The predicted molar refractivity (Wildman–Crippen MR) is 102 cm³/mol. The first-order valence-electron chi connectivity index (χ1n) is 8.70. The number of benzene rings is 2. The van der Waals surface area contributed by atoms with E-state index in [9.17, 15) is 4.79 Å². The Labute approximate surface area is 149 Å². The minimum absolute atomic E-state index is 0.109. The molecule has 0 aliphatic heterocycles. The summed E-state index contributed by atoms with van der Waals surface area (Å²) in [6.07, 6.45) is 1.93. The summed E-state index contributed by atoms with van der Waals surface area (Å²) in [5.74, 6) is 1.50. The number of carbonyl (C=O) groups excluding carboxylic acids is 1. The van der Waals surface area contributed by atoms with Gasteiger partial charge in [0.15, 0.2) is 0 Å². The first-order valence-corrected chi connectivity index (χ1v) is 8.70. The average molecular weight is 342 g/mol. The SMILES string of the molecule is CCCOc1ccc(NC(=O)CNc2cccc(OCCC)c2)cc1. The fraction of sp³-hybridized carbons (Fsp3) is 0.350. The highest BCUT2D eigenvalue weighted by atomic mass is 16.5. The molecule has 0 aliphatic carbocycles. The third-order valence-electron chi connectivity index (χ3n) is 3.37. The van der Waals surface area contributed by atoms with Crippen LogP contribution in [0.3, 0.4) is 0 Å². The van der Waals surface area contributed by atoms with Crippen LogP contribution in [0.4, 0.5) is 11.4 Å². The molecular formula is C20H26N2O3. The summed E-state index contributed by atoms with van der Waals surface area (Å²) in [5.41, 5.74) is 1.60. The van der Waals surface area contributed by atoms with Crippen molar-refractivity contribution in [2.75, 3.05) is 30.4 Å². The lowest BCUT2D eigenvalue weighted by Gasteiger charge is -2.10. The van der Waals surface area contributed by atoms with Crippen molar-refractivity contribution in [2.24, 2.45) is 0 Å². The van der Waals surface area contributed by atoms with Crippen molar-refractivity contribution in [3.63, 3.8) is 0 Å². The van der Waals surface area contributed by atoms with E-state index in [0.29, 0.717) is 13.2 Å². The molecule has 1 amide bonds. The lowest BCUT2D eigenvalue weighted by Crippen LogP contribution is -2.21. The molecule has 5 nitrogen and oxygen atoms in total. The van der Waals surface area contributed by atoms with Crippen LogP contribution in [0.2, 0.25) is 0 Å². The Morgan fingerprint density at radius 3 is 2.24 bits per heavy atom. The van der Waals surface area contributed by atoms with Crippen molar-refractivity contribution >= 4 is 17.3 Å². The summed E-state index contributed by atoms with van der Waals surface area (Å²) in [7, 11) is 0. The van der Waals surface area contributed by atoms with Crippen LogP contribution < -0.4 is 20.1 Å². The number of amides is 1. The van der Waals surface area contributed by atoms with Gasteiger partial charge in [-0.05, 0) is 49.2 Å².